The maximum atomic E-state index is 13.6. The van der Waals surface area contributed by atoms with Crippen molar-refractivity contribution in [1.29, 1.82) is 0 Å². The first-order valence-electron chi connectivity index (χ1n) is 16.4. The molecule has 1 aromatic heterocycles. The fourth-order valence-electron chi connectivity index (χ4n) is 5.93. The normalized spacial score (nSPS) is 14.6. The van der Waals surface area contributed by atoms with E-state index in [1.54, 1.807) is 12.1 Å². The van der Waals surface area contributed by atoms with E-state index in [-0.39, 0.29) is 73.5 Å². The van der Waals surface area contributed by atoms with E-state index >= 15 is 0 Å². The Morgan fingerprint density at radius 1 is 0.600 bits per heavy atom. The molecular formula is C40H30O15. The molecule has 15 nitrogen and oxygen atoms in total. The lowest BCUT2D eigenvalue weighted by Gasteiger charge is -2.31. The predicted octanol–water partition coefficient (Wildman–Crippen LogP) is 5.43. The third-order valence-electron chi connectivity index (χ3n) is 7.96. The largest absolute Gasteiger partial charge is 0.481 e. The number of carbonyl (C=O) groups excluding carboxylic acids is 6. The summed E-state index contributed by atoms with van der Waals surface area (Å²) in [6.45, 7) is 5.81. The van der Waals surface area contributed by atoms with Gasteiger partial charge in [0.05, 0.1) is 0 Å². The maximum Gasteiger partial charge on any atom is 0.308 e. The number of ether oxygens (including phenoxy) is 6. The minimum atomic E-state index is -1.85. The molecule has 0 fully saturated rings. The first kappa shape index (κ1) is 37.6. The second-order valence-corrected chi connectivity index (χ2v) is 12.2. The molecule has 0 spiro atoms. The molecule has 0 unspecified atom stereocenters. The topological polar surface area (TPSA) is 208 Å². The van der Waals surface area contributed by atoms with Crippen molar-refractivity contribution >= 4 is 46.6 Å². The SMILES string of the molecule is CC(=O)Oc1ccc(-c2cc(=O)c3c(OC(C)=O)cc(-c4cc([C@H]5Oc6cc(OC(C)=O)cc(OC(C)=O)c6C(=O)[C@@H]5O)ccc4OC(C)=O)cc3o2)cc1. The van der Waals surface area contributed by atoms with Gasteiger partial charge in [-0.15, -0.1) is 0 Å². The van der Waals surface area contributed by atoms with Crippen LogP contribution < -0.4 is 33.8 Å². The molecule has 0 bridgehead atoms. The van der Waals surface area contributed by atoms with Gasteiger partial charge in [-0.05, 0) is 59.7 Å². The van der Waals surface area contributed by atoms with Crippen molar-refractivity contribution in [2.45, 2.75) is 46.8 Å². The summed E-state index contributed by atoms with van der Waals surface area (Å²) in [6.07, 6.45) is -3.26. The Balaban J connectivity index is 1.50. The van der Waals surface area contributed by atoms with Crippen molar-refractivity contribution in [3.63, 3.8) is 0 Å². The van der Waals surface area contributed by atoms with Crippen molar-refractivity contribution in [3.05, 3.63) is 94.1 Å². The summed E-state index contributed by atoms with van der Waals surface area (Å²) in [6, 6.07) is 16.8. The molecule has 4 aromatic carbocycles. The Labute approximate surface area is 310 Å². The fraction of sp³-hybridized carbons (Fsp3) is 0.175. The van der Waals surface area contributed by atoms with Crippen LogP contribution in [0.25, 0.3) is 33.4 Å². The van der Waals surface area contributed by atoms with E-state index in [0.717, 1.165) is 26.8 Å². The predicted molar refractivity (Wildman–Crippen MR) is 190 cm³/mol. The van der Waals surface area contributed by atoms with E-state index in [4.69, 9.17) is 32.8 Å². The number of benzene rings is 4. The van der Waals surface area contributed by atoms with Crippen LogP contribution in [0.5, 0.6) is 34.5 Å². The summed E-state index contributed by atoms with van der Waals surface area (Å²) < 4.78 is 38.6. The van der Waals surface area contributed by atoms with Gasteiger partial charge in [0, 0.05) is 63.9 Å². The third kappa shape index (κ3) is 8.11. The van der Waals surface area contributed by atoms with Gasteiger partial charge in [0.25, 0.3) is 0 Å². The molecule has 280 valence electrons. The molecule has 2 atom stereocenters. The second-order valence-electron chi connectivity index (χ2n) is 12.2. The molecule has 5 aromatic rings. The first-order chi connectivity index (χ1) is 26.1. The van der Waals surface area contributed by atoms with E-state index in [2.05, 4.69) is 0 Å². The Morgan fingerprint density at radius 3 is 1.84 bits per heavy atom. The highest BCUT2D eigenvalue weighted by atomic mass is 16.6. The van der Waals surface area contributed by atoms with Crippen molar-refractivity contribution in [2.75, 3.05) is 0 Å². The van der Waals surface area contributed by atoms with Crippen molar-refractivity contribution in [1.82, 2.24) is 0 Å². The summed E-state index contributed by atoms with van der Waals surface area (Å²) >= 11 is 0. The molecule has 0 aliphatic carbocycles. The number of rotatable bonds is 8. The number of aliphatic hydroxyl groups excluding tert-OH is 1. The monoisotopic (exact) mass is 750 g/mol. The van der Waals surface area contributed by atoms with Crippen molar-refractivity contribution < 1.29 is 66.7 Å². The van der Waals surface area contributed by atoms with Gasteiger partial charge in [-0.2, -0.15) is 0 Å². The summed E-state index contributed by atoms with van der Waals surface area (Å²) in [7, 11) is 0. The number of ketones is 1. The highest BCUT2D eigenvalue weighted by Gasteiger charge is 2.40. The lowest BCUT2D eigenvalue weighted by Crippen LogP contribution is -2.36. The molecule has 1 aliphatic rings. The Hall–Kier alpha value is -7.13. The Kier molecular flexibility index (Phi) is 10.3. The number of hydrogen-bond acceptors (Lipinski definition) is 15. The van der Waals surface area contributed by atoms with Gasteiger partial charge in [-0.1, -0.05) is 6.07 Å². The fourth-order valence-corrected chi connectivity index (χ4v) is 5.93. The summed E-state index contributed by atoms with van der Waals surface area (Å²) in [5.41, 5.74) is 0.131. The van der Waals surface area contributed by atoms with Gasteiger partial charge in [0.2, 0.25) is 5.78 Å². The van der Waals surface area contributed by atoms with Crippen LogP contribution in [0.1, 0.15) is 56.6 Å². The van der Waals surface area contributed by atoms with Crippen LogP contribution in [0.15, 0.2) is 82.0 Å². The number of esters is 5. The molecule has 1 N–H and O–H groups in total. The molecule has 0 saturated carbocycles. The van der Waals surface area contributed by atoms with Gasteiger partial charge < -0.3 is 37.9 Å². The van der Waals surface area contributed by atoms with E-state index in [0.29, 0.717) is 5.56 Å². The highest BCUT2D eigenvalue weighted by Crippen LogP contribution is 2.45. The zero-order valence-electron chi connectivity index (χ0n) is 29.7. The quantitative estimate of drug-likeness (QED) is 0.155. The van der Waals surface area contributed by atoms with Crippen LogP contribution in [0.3, 0.4) is 0 Å². The molecule has 0 radical (unpaired) electrons. The average molecular weight is 751 g/mol. The molecular weight excluding hydrogens is 720 g/mol. The van der Waals surface area contributed by atoms with Gasteiger partial charge >= 0.3 is 29.8 Å². The minimum absolute atomic E-state index is 0.00440. The number of hydrogen-bond donors (Lipinski definition) is 1. The lowest BCUT2D eigenvalue weighted by atomic mass is 9.90. The molecule has 1 aliphatic heterocycles. The standard InChI is InChI=1S/C40H30O15/c1-18(41)49-26-9-6-23(7-10-26)31-17-29(46)36-32(52-21(4)44)13-25(14-33(36)54-31)28-12-24(8-11-30(28)51-20(3)43)40-39(48)38(47)37-34(53-22(5)45)15-27(50-19(2)42)16-35(37)55-40/h6-17,39-40,48H,1-5H3/t39-,40+/m0/s1. The van der Waals surface area contributed by atoms with Crippen LogP contribution >= 0.6 is 0 Å². The molecule has 6 rings (SSSR count). The van der Waals surface area contributed by atoms with Crippen LogP contribution in [-0.2, 0) is 24.0 Å². The number of fused-ring (bicyclic) bond motifs is 2. The van der Waals surface area contributed by atoms with Gasteiger partial charge in [-0.3, -0.25) is 33.6 Å². The molecule has 15 heteroatoms. The van der Waals surface area contributed by atoms with E-state index in [1.807, 2.05) is 0 Å². The van der Waals surface area contributed by atoms with E-state index in [9.17, 15) is 38.7 Å². The zero-order valence-corrected chi connectivity index (χ0v) is 29.7. The Morgan fingerprint density at radius 2 is 1.20 bits per heavy atom. The maximum absolute atomic E-state index is 13.6. The number of aliphatic hydroxyl groups is 1. The molecule has 2 heterocycles. The Bertz CT molecular complexity index is 2490. The smallest absolute Gasteiger partial charge is 0.308 e. The van der Waals surface area contributed by atoms with Crippen LogP contribution in [0.2, 0.25) is 0 Å². The molecule has 55 heavy (non-hydrogen) atoms. The summed E-state index contributed by atoms with van der Waals surface area (Å²) in [5, 5.41) is 11.2. The molecule has 0 amide bonds. The van der Waals surface area contributed by atoms with Crippen molar-refractivity contribution in [3.8, 4) is 56.9 Å². The zero-order chi connectivity index (χ0) is 39.7. The average Bonchev–Trinajstić information content (AvgIpc) is 3.08. The summed E-state index contributed by atoms with van der Waals surface area (Å²) in [4.78, 5) is 86.6. The highest BCUT2D eigenvalue weighted by molar-refractivity contribution is 6.06. The second kappa shape index (κ2) is 15.1. The minimum Gasteiger partial charge on any atom is -0.481 e. The van der Waals surface area contributed by atoms with E-state index in [1.165, 1.54) is 68.4 Å². The third-order valence-corrected chi connectivity index (χ3v) is 7.96. The van der Waals surface area contributed by atoms with Crippen LogP contribution in [0, 0.1) is 0 Å². The molecule has 0 saturated heterocycles. The van der Waals surface area contributed by atoms with Gasteiger partial charge in [-0.25, -0.2) is 0 Å². The lowest BCUT2D eigenvalue weighted by molar-refractivity contribution is -0.133. The number of carbonyl (C=O) groups is 6. The summed E-state index contributed by atoms with van der Waals surface area (Å²) in [5.74, 6) is -4.72. The number of Topliss-reactive ketones (excluding diaryl/α,β-unsaturated/α-hetero) is 1. The van der Waals surface area contributed by atoms with Crippen LogP contribution in [0.4, 0.5) is 0 Å². The van der Waals surface area contributed by atoms with Crippen LogP contribution in [-0.4, -0.2) is 46.8 Å². The van der Waals surface area contributed by atoms with Crippen molar-refractivity contribution in [2.24, 2.45) is 0 Å². The van der Waals surface area contributed by atoms with Gasteiger partial charge in [0.1, 0.15) is 56.8 Å². The first-order valence-corrected chi connectivity index (χ1v) is 16.4. The van der Waals surface area contributed by atoms with Gasteiger partial charge in [0.15, 0.2) is 17.6 Å². The van der Waals surface area contributed by atoms with E-state index < -0.39 is 53.3 Å².